The molecule has 0 aliphatic carbocycles. The number of aryl methyl sites for hydroxylation is 1. The number of aromatic hydroxyl groups is 1. The molecule has 2 nitrogen and oxygen atoms in total. The summed E-state index contributed by atoms with van der Waals surface area (Å²) in [6, 6.07) is 14.0. The lowest BCUT2D eigenvalue weighted by Crippen LogP contribution is -2.18. The van der Waals surface area contributed by atoms with Crippen molar-refractivity contribution in [3.8, 4) is 5.75 Å². The van der Waals surface area contributed by atoms with Crippen LogP contribution in [-0.2, 0) is 6.42 Å². The van der Waals surface area contributed by atoms with Crippen molar-refractivity contribution in [3.63, 3.8) is 0 Å². The molecule has 0 spiro atoms. The second kappa shape index (κ2) is 6.11. The number of benzene rings is 2. The van der Waals surface area contributed by atoms with Crippen LogP contribution >= 0.6 is 15.9 Å². The number of phenols is 1. The monoisotopic (exact) mass is 319 g/mol. The maximum atomic E-state index is 9.27. The van der Waals surface area contributed by atoms with Gasteiger partial charge in [-0.2, -0.15) is 0 Å². The zero-order valence-corrected chi connectivity index (χ0v) is 12.7. The van der Waals surface area contributed by atoms with Crippen molar-refractivity contribution < 1.29 is 5.11 Å². The molecule has 0 heterocycles. The lowest BCUT2D eigenvalue weighted by Gasteiger charge is -2.17. The van der Waals surface area contributed by atoms with E-state index in [0.717, 1.165) is 16.6 Å². The van der Waals surface area contributed by atoms with Crippen LogP contribution in [0.1, 0.15) is 18.1 Å². The number of phenolic OH excluding ortho intramolecular Hbond substituents is 1. The first-order valence-corrected chi connectivity index (χ1v) is 7.14. The van der Waals surface area contributed by atoms with Gasteiger partial charge in [-0.25, -0.2) is 0 Å². The Bertz CT molecular complexity index is 551. The molecule has 2 rings (SSSR count). The quantitative estimate of drug-likeness (QED) is 0.869. The summed E-state index contributed by atoms with van der Waals surface area (Å²) >= 11 is 3.49. The van der Waals surface area contributed by atoms with Crippen LogP contribution in [0.4, 0.5) is 5.69 Å². The SMILES string of the molecule is Cc1ccc(Br)cc1NC(C)Cc1ccc(O)cc1. The zero-order valence-electron chi connectivity index (χ0n) is 11.2. The summed E-state index contributed by atoms with van der Waals surface area (Å²) in [7, 11) is 0. The van der Waals surface area contributed by atoms with Crippen molar-refractivity contribution >= 4 is 21.6 Å². The standard InChI is InChI=1S/C16H18BrNO/c1-11-3-6-14(17)10-16(11)18-12(2)9-13-4-7-15(19)8-5-13/h3-8,10,12,18-19H,9H2,1-2H3. The van der Waals surface area contributed by atoms with E-state index < -0.39 is 0 Å². The second-order valence-electron chi connectivity index (χ2n) is 4.88. The Morgan fingerprint density at radius 3 is 2.53 bits per heavy atom. The Morgan fingerprint density at radius 1 is 1.16 bits per heavy atom. The maximum Gasteiger partial charge on any atom is 0.115 e. The third-order valence-electron chi connectivity index (χ3n) is 3.08. The van der Waals surface area contributed by atoms with Gasteiger partial charge in [-0.1, -0.05) is 34.1 Å². The molecule has 0 radical (unpaired) electrons. The number of hydrogen-bond acceptors (Lipinski definition) is 2. The van der Waals surface area contributed by atoms with Crippen LogP contribution < -0.4 is 5.32 Å². The minimum absolute atomic E-state index is 0.312. The largest absolute Gasteiger partial charge is 0.508 e. The van der Waals surface area contributed by atoms with E-state index in [1.807, 2.05) is 18.2 Å². The lowest BCUT2D eigenvalue weighted by atomic mass is 10.1. The van der Waals surface area contributed by atoms with Gasteiger partial charge in [0.1, 0.15) is 5.75 Å². The van der Waals surface area contributed by atoms with Gasteiger partial charge in [0.25, 0.3) is 0 Å². The summed E-state index contributed by atoms with van der Waals surface area (Å²) < 4.78 is 1.08. The molecule has 0 aliphatic rings. The van der Waals surface area contributed by atoms with Gasteiger partial charge in [-0.05, 0) is 55.7 Å². The molecule has 0 bridgehead atoms. The second-order valence-corrected chi connectivity index (χ2v) is 5.79. The first-order valence-electron chi connectivity index (χ1n) is 6.35. The Balaban J connectivity index is 2.02. The summed E-state index contributed by atoms with van der Waals surface area (Å²) in [5.74, 6) is 0.312. The summed E-state index contributed by atoms with van der Waals surface area (Å²) in [6.07, 6.45) is 0.923. The molecule has 0 aromatic heterocycles. The van der Waals surface area contributed by atoms with E-state index in [1.165, 1.54) is 11.1 Å². The molecule has 1 atom stereocenters. The number of rotatable bonds is 4. The van der Waals surface area contributed by atoms with Gasteiger partial charge in [-0.15, -0.1) is 0 Å². The number of nitrogens with one attached hydrogen (secondary N) is 1. The molecule has 0 saturated carbocycles. The van der Waals surface area contributed by atoms with Crippen molar-refractivity contribution in [1.82, 2.24) is 0 Å². The smallest absolute Gasteiger partial charge is 0.115 e. The third kappa shape index (κ3) is 4.00. The molecular weight excluding hydrogens is 302 g/mol. The molecule has 2 N–H and O–H groups in total. The van der Waals surface area contributed by atoms with Gasteiger partial charge in [0.05, 0.1) is 0 Å². The number of halogens is 1. The van der Waals surface area contributed by atoms with Crippen LogP contribution in [0, 0.1) is 6.92 Å². The summed E-state index contributed by atoms with van der Waals surface area (Å²) in [5, 5.41) is 12.8. The van der Waals surface area contributed by atoms with Crippen LogP contribution in [0.5, 0.6) is 5.75 Å². The molecule has 2 aromatic rings. The van der Waals surface area contributed by atoms with E-state index in [1.54, 1.807) is 12.1 Å². The first-order chi connectivity index (χ1) is 9.04. The highest BCUT2D eigenvalue weighted by atomic mass is 79.9. The Morgan fingerprint density at radius 2 is 1.84 bits per heavy atom. The van der Waals surface area contributed by atoms with Crippen LogP contribution in [0.15, 0.2) is 46.9 Å². The summed E-state index contributed by atoms with van der Waals surface area (Å²) in [5.41, 5.74) is 3.60. The molecule has 0 saturated heterocycles. The molecule has 0 aliphatic heterocycles. The fourth-order valence-electron chi connectivity index (χ4n) is 2.05. The molecule has 3 heteroatoms. The van der Waals surface area contributed by atoms with Gasteiger partial charge in [0, 0.05) is 16.2 Å². The average molecular weight is 320 g/mol. The van der Waals surface area contributed by atoms with Crippen molar-refractivity contribution in [1.29, 1.82) is 0 Å². The summed E-state index contributed by atoms with van der Waals surface area (Å²) in [6.45, 7) is 4.26. The van der Waals surface area contributed by atoms with E-state index in [0.29, 0.717) is 11.8 Å². The average Bonchev–Trinajstić information content (AvgIpc) is 2.37. The number of hydrogen-bond donors (Lipinski definition) is 2. The van der Waals surface area contributed by atoms with Crippen LogP contribution in [0.3, 0.4) is 0 Å². The molecule has 1 unspecified atom stereocenters. The van der Waals surface area contributed by atoms with Crippen molar-refractivity contribution in [2.24, 2.45) is 0 Å². The fraction of sp³-hybridized carbons (Fsp3) is 0.250. The molecule has 19 heavy (non-hydrogen) atoms. The number of anilines is 1. The van der Waals surface area contributed by atoms with Gasteiger partial charge in [0.2, 0.25) is 0 Å². The van der Waals surface area contributed by atoms with E-state index in [9.17, 15) is 5.11 Å². The highest BCUT2D eigenvalue weighted by molar-refractivity contribution is 9.10. The normalized spacial score (nSPS) is 12.2. The van der Waals surface area contributed by atoms with Gasteiger partial charge < -0.3 is 10.4 Å². The van der Waals surface area contributed by atoms with E-state index in [4.69, 9.17) is 0 Å². The maximum absolute atomic E-state index is 9.27. The van der Waals surface area contributed by atoms with Crippen molar-refractivity contribution in [3.05, 3.63) is 58.1 Å². The molecule has 0 fully saturated rings. The highest BCUT2D eigenvalue weighted by Gasteiger charge is 2.06. The molecular formula is C16H18BrNO. The van der Waals surface area contributed by atoms with E-state index >= 15 is 0 Å². The zero-order chi connectivity index (χ0) is 13.8. The highest BCUT2D eigenvalue weighted by Crippen LogP contribution is 2.22. The van der Waals surface area contributed by atoms with Gasteiger partial charge >= 0.3 is 0 Å². The van der Waals surface area contributed by atoms with Crippen molar-refractivity contribution in [2.45, 2.75) is 26.3 Å². The Hall–Kier alpha value is -1.48. The summed E-state index contributed by atoms with van der Waals surface area (Å²) in [4.78, 5) is 0. The van der Waals surface area contributed by atoms with E-state index in [-0.39, 0.29) is 0 Å². The lowest BCUT2D eigenvalue weighted by molar-refractivity contribution is 0.475. The molecule has 2 aromatic carbocycles. The molecule has 100 valence electrons. The van der Waals surface area contributed by atoms with Crippen molar-refractivity contribution in [2.75, 3.05) is 5.32 Å². The van der Waals surface area contributed by atoms with Crippen LogP contribution in [0.2, 0.25) is 0 Å². The minimum Gasteiger partial charge on any atom is -0.508 e. The fourth-order valence-corrected chi connectivity index (χ4v) is 2.41. The van der Waals surface area contributed by atoms with Crippen LogP contribution in [0.25, 0.3) is 0 Å². The molecule has 0 amide bonds. The van der Waals surface area contributed by atoms with E-state index in [2.05, 4.69) is 47.2 Å². The van der Waals surface area contributed by atoms with Crippen LogP contribution in [-0.4, -0.2) is 11.1 Å². The Kier molecular flexibility index (Phi) is 4.48. The first kappa shape index (κ1) is 13.9. The predicted molar refractivity (Wildman–Crippen MR) is 83.8 cm³/mol. The van der Waals surface area contributed by atoms with Gasteiger partial charge in [0.15, 0.2) is 0 Å². The Labute approximate surface area is 122 Å². The predicted octanol–water partition coefficient (Wildman–Crippen LogP) is 4.51. The third-order valence-corrected chi connectivity index (χ3v) is 3.57. The topological polar surface area (TPSA) is 32.3 Å². The minimum atomic E-state index is 0.312. The van der Waals surface area contributed by atoms with Gasteiger partial charge in [-0.3, -0.25) is 0 Å².